The highest BCUT2D eigenvalue weighted by Crippen LogP contribution is 2.24. The first-order valence-corrected chi connectivity index (χ1v) is 6.65. The summed E-state index contributed by atoms with van der Waals surface area (Å²) < 4.78 is 5.65. The molecule has 0 amide bonds. The molecule has 0 fully saturated rings. The second kappa shape index (κ2) is 5.97. The molecule has 2 N–H and O–H groups in total. The van der Waals surface area contributed by atoms with Gasteiger partial charge in [0.25, 0.3) is 0 Å². The molecule has 0 spiro atoms. The molecule has 110 valence electrons. The van der Waals surface area contributed by atoms with Crippen molar-refractivity contribution in [2.24, 2.45) is 0 Å². The third kappa shape index (κ3) is 3.61. The molecule has 0 aliphatic rings. The molecule has 0 heterocycles. The van der Waals surface area contributed by atoms with Crippen LogP contribution in [0, 0.1) is 6.92 Å². The van der Waals surface area contributed by atoms with Crippen molar-refractivity contribution in [2.75, 3.05) is 6.61 Å². The number of hydrogen-bond acceptors (Lipinski definition) is 3. The minimum absolute atomic E-state index is 0.0876. The van der Waals surface area contributed by atoms with E-state index in [-0.39, 0.29) is 12.2 Å². The fourth-order valence-electron chi connectivity index (χ4n) is 2.04. The molecule has 1 atom stereocenters. The molecule has 0 bridgehead atoms. The Morgan fingerprint density at radius 3 is 2.43 bits per heavy atom. The Morgan fingerprint density at radius 2 is 1.86 bits per heavy atom. The zero-order chi connectivity index (χ0) is 15.5. The van der Waals surface area contributed by atoms with E-state index in [1.54, 1.807) is 26.0 Å². The van der Waals surface area contributed by atoms with Crippen LogP contribution in [-0.2, 0) is 5.60 Å². The van der Waals surface area contributed by atoms with Crippen molar-refractivity contribution < 1.29 is 19.7 Å². The summed E-state index contributed by atoms with van der Waals surface area (Å²) in [7, 11) is 0. The predicted octanol–water partition coefficient (Wildman–Crippen LogP) is 2.98. The number of rotatable bonds is 5. The van der Waals surface area contributed by atoms with Crippen LogP contribution >= 0.6 is 0 Å². The van der Waals surface area contributed by atoms with Crippen LogP contribution in [0.4, 0.5) is 0 Å². The van der Waals surface area contributed by atoms with E-state index in [0.717, 1.165) is 11.1 Å². The summed E-state index contributed by atoms with van der Waals surface area (Å²) in [6, 6.07) is 13.9. The van der Waals surface area contributed by atoms with Crippen molar-refractivity contribution in [2.45, 2.75) is 19.4 Å². The van der Waals surface area contributed by atoms with Crippen LogP contribution in [0.2, 0.25) is 0 Å². The fourth-order valence-corrected chi connectivity index (χ4v) is 2.04. The van der Waals surface area contributed by atoms with Crippen LogP contribution in [0.15, 0.2) is 48.5 Å². The van der Waals surface area contributed by atoms with Crippen LogP contribution in [0.3, 0.4) is 0 Å². The molecule has 0 radical (unpaired) electrons. The monoisotopic (exact) mass is 286 g/mol. The summed E-state index contributed by atoms with van der Waals surface area (Å²) in [5, 5.41) is 19.4. The SMILES string of the molecule is Cc1cc(C(=O)O)ccc1OCC(C)(O)c1ccccc1. The predicted molar refractivity (Wildman–Crippen MR) is 79.6 cm³/mol. The third-order valence-electron chi connectivity index (χ3n) is 3.33. The van der Waals surface area contributed by atoms with Gasteiger partial charge in [-0.25, -0.2) is 4.79 Å². The van der Waals surface area contributed by atoms with E-state index >= 15 is 0 Å². The number of benzene rings is 2. The van der Waals surface area contributed by atoms with Gasteiger partial charge in [-0.15, -0.1) is 0 Å². The molecular formula is C17H18O4. The number of ether oxygens (including phenoxy) is 1. The lowest BCUT2D eigenvalue weighted by molar-refractivity contribution is 0.00737. The first kappa shape index (κ1) is 15.1. The van der Waals surface area contributed by atoms with Gasteiger partial charge in [0.15, 0.2) is 0 Å². The molecule has 0 saturated carbocycles. The Balaban J connectivity index is 2.11. The van der Waals surface area contributed by atoms with E-state index in [4.69, 9.17) is 9.84 Å². The maximum atomic E-state index is 10.9. The Morgan fingerprint density at radius 1 is 1.19 bits per heavy atom. The summed E-state index contributed by atoms with van der Waals surface area (Å²) in [6.07, 6.45) is 0. The van der Waals surface area contributed by atoms with Gasteiger partial charge in [0, 0.05) is 0 Å². The molecule has 4 heteroatoms. The lowest BCUT2D eigenvalue weighted by Crippen LogP contribution is -2.29. The van der Waals surface area contributed by atoms with E-state index < -0.39 is 11.6 Å². The van der Waals surface area contributed by atoms with Crippen molar-refractivity contribution >= 4 is 5.97 Å². The van der Waals surface area contributed by atoms with Gasteiger partial charge in [-0.2, -0.15) is 0 Å². The summed E-state index contributed by atoms with van der Waals surface area (Å²) in [4.78, 5) is 10.9. The fraction of sp³-hybridized carbons (Fsp3) is 0.235. The molecular weight excluding hydrogens is 268 g/mol. The van der Waals surface area contributed by atoms with Crippen molar-refractivity contribution in [1.29, 1.82) is 0 Å². The van der Waals surface area contributed by atoms with Gasteiger partial charge in [-0.05, 0) is 43.2 Å². The van der Waals surface area contributed by atoms with Gasteiger partial charge < -0.3 is 14.9 Å². The Labute approximate surface area is 123 Å². The number of carboxylic acids is 1. The van der Waals surface area contributed by atoms with Gasteiger partial charge >= 0.3 is 5.97 Å². The first-order chi connectivity index (χ1) is 9.90. The summed E-state index contributed by atoms with van der Waals surface area (Å²) in [6.45, 7) is 3.55. The Hall–Kier alpha value is -2.33. The maximum absolute atomic E-state index is 10.9. The van der Waals surface area contributed by atoms with Crippen molar-refractivity contribution in [3.05, 3.63) is 65.2 Å². The topological polar surface area (TPSA) is 66.8 Å². The highest BCUT2D eigenvalue weighted by atomic mass is 16.5. The van der Waals surface area contributed by atoms with E-state index in [1.807, 2.05) is 30.3 Å². The minimum atomic E-state index is -1.11. The molecule has 0 saturated heterocycles. The van der Waals surface area contributed by atoms with Gasteiger partial charge in [-0.3, -0.25) is 0 Å². The lowest BCUT2D eigenvalue weighted by Gasteiger charge is -2.24. The standard InChI is InChI=1S/C17H18O4/c1-12-10-13(16(18)19)8-9-15(12)21-11-17(2,20)14-6-4-3-5-7-14/h3-10,20H,11H2,1-2H3,(H,18,19). The maximum Gasteiger partial charge on any atom is 0.335 e. The summed E-state index contributed by atoms with van der Waals surface area (Å²) in [5.74, 6) is -0.405. The second-order valence-electron chi connectivity index (χ2n) is 5.21. The van der Waals surface area contributed by atoms with Crippen LogP contribution in [0.1, 0.15) is 28.4 Å². The van der Waals surface area contributed by atoms with Crippen LogP contribution < -0.4 is 4.74 Å². The molecule has 0 aromatic heterocycles. The minimum Gasteiger partial charge on any atom is -0.490 e. The van der Waals surface area contributed by atoms with Gasteiger partial charge in [0.2, 0.25) is 0 Å². The zero-order valence-electron chi connectivity index (χ0n) is 12.0. The summed E-state index contributed by atoms with van der Waals surface area (Å²) in [5.41, 5.74) is 0.595. The van der Waals surface area contributed by atoms with Crippen molar-refractivity contribution in [3.8, 4) is 5.75 Å². The largest absolute Gasteiger partial charge is 0.490 e. The molecule has 2 rings (SSSR count). The number of carbonyl (C=O) groups is 1. The molecule has 2 aromatic rings. The van der Waals surface area contributed by atoms with E-state index in [9.17, 15) is 9.90 Å². The van der Waals surface area contributed by atoms with Crippen molar-refractivity contribution in [3.63, 3.8) is 0 Å². The first-order valence-electron chi connectivity index (χ1n) is 6.65. The number of aryl methyl sites for hydroxylation is 1. The number of aromatic carboxylic acids is 1. The molecule has 4 nitrogen and oxygen atoms in total. The number of carboxylic acid groups (broad SMARTS) is 1. The molecule has 0 aliphatic heterocycles. The second-order valence-corrected chi connectivity index (χ2v) is 5.21. The van der Waals surface area contributed by atoms with E-state index in [0.29, 0.717) is 5.75 Å². The van der Waals surface area contributed by atoms with Crippen LogP contribution in [0.5, 0.6) is 5.75 Å². The van der Waals surface area contributed by atoms with Gasteiger partial charge in [0.05, 0.1) is 5.56 Å². The Bertz CT molecular complexity index is 632. The normalized spacial score (nSPS) is 13.5. The van der Waals surface area contributed by atoms with Gasteiger partial charge in [0.1, 0.15) is 18.0 Å². The van der Waals surface area contributed by atoms with Crippen molar-refractivity contribution in [1.82, 2.24) is 0 Å². The Kier molecular flexibility index (Phi) is 4.29. The third-order valence-corrected chi connectivity index (χ3v) is 3.33. The van der Waals surface area contributed by atoms with Crippen LogP contribution in [0.25, 0.3) is 0 Å². The number of hydrogen-bond donors (Lipinski definition) is 2. The average molecular weight is 286 g/mol. The quantitative estimate of drug-likeness (QED) is 0.886. The number of aliphatic hydroxyl groups is 1. The van der Waals surface area contributed by atoms with Crippen LogP contribution in [-0.4, -0.2) is 22.8 Å². The smallest absolute Gasteiger partial charge is 0.335 e. The molecule has 2 aromatic carbocycles. The van der Waals surface area contributed by atoms with E-state index in [1.165, 1.54) is 6.07 Å². The summed E-state index contributed by atoms with van der Waals surface area (Å²) >= 11 is 0. The lowest BCUT2D eigenvalue weighted by atomic mass is 9.97. The highest BCUT2D eigenvalue weighted by molar-refractivity contribution is 5.88. The highest BCUT2D eigenvalue weighted by Gasteiger charge is 2.24. The molecule has 0 aliphatic carbocycles. The molecule has 21 heavy (non-hydrogen) atoms. The van der Waals surface area contributed by atoms with E-state index in [2.05, 4.69) is 0 Å². The molecule has 1 unspecified atom stereocenters. The zero-order valence-corrected chi connectivity index (χ0v) is 12.0. The average Bonchev–Trinajstić information content (AvgIpc) is 2.46. The van der Waals surface area contributed by atoms with Gasteiger partial charge in [-0.1, -0.05) is 30.3 Å².